The molecule has 5 nitrogen and oxygen atoms in total. The number of aryl methyl sites for hydroxylation is 1. The van der Waals surface area contributed by atoms with Crippen LogP contribution in [-0.2, 0) is 20.7 Å². The van der Waals surface area contributed by atoms with Gasteiger partial charge < -0.3 is 14.9 Å². The maximum Gasteiger partial charge on any atom is 0.337 e. The lowest BCUT2D eigenvalue weighted by atomic mass is 10.0. The highest BCUT2D eigenvalue weighted by atomic mass is 127. The Morgan fingerprint density at radius 2 is 2.11 bits per heavy atom. The van der Waals surface area contributed by atoms with E-state index in [2.05, 4.69) is 0 Å². The molecule has 6 heteroatoms. The first-order chi connectivity index (χ1) is 8.97. The number of aliphatic carboxylic acids is 1. The Hall–Kier alpha value is -1.15. The van der Waals surface area contributed by atoms with Crippen molar-refractivity contribution >= 4 is 34.5 Å². The highest BCUT2D eigenvalue weighted by Gasteiger charge is 2.20. The van der Waals surface area contributed by atoms with E-state index in [4.69, 9.17) is 9.84 Å². The van der Waals surface area contributed by atoms with Gasteiger partial charge in [0.2, 0.25) is 0 Å². The summed E-state index contributed by atoms with van der Waals surface area (Å²) in [5.41, 5.74) is 1.17. The van der Waals surface area contributed by atoms with Crippen LogP contribution in [0.25, 0.3) is 0 Å². The van der Waals surface area contributed by atoms with Crippen LogP contribution < -0.4 is 0 Å². The predicted molar refractivity (Wildman–Crippen MR) is 76.7 cm³/mol. The normalized spacial score (nSPS) is 11.9. The van der Waals surface area contributed by atoms with Gasteiger partial charge in [-0.2, -0.15) is 0 Å². The summed E-state index contributed by atoms with van der Waals surface area (Å²) < 4.78 is 5.50. The van der Waals surface area contributed by atoms with E-state index in [9.17, 15) is 14.7 Å². The third kappa shape index (κ3) is 4.46. The summed E-state index contributed by atoms with van der Waals surface area (Å²) in [5.74, 6) is -1.58. The molecule has 0 aliphatic carbocycles. The highest BCUT2D eigenvalue weighted by Crippen LogP contribution is 2.24. The van der Waals surface area contributed by atoms with E-state index in [1.165, 1.54) is 0 Å². The molecule has 1 rings (SSSR count). The molecule has 0 radical (unpaired) electrons. The second-order valence-electron chi connectivity index (χ2n) is 3.87. The molecule has 0 aliphatic heterocycles. The Balaban J connectivity index is 2.83. The molecule has 104 valence electrons. The molecule has 0 bridgehead atoms. The number of carbonyl (C=O) groups is 2. The van der Waals surface area contributed by atoms with Crippen LogP contribution in [-0.4, -0.2) is 28.8 Å². The fourth-order valence-corrected chi connectivity index (χ4v) is 2.53. The van der Waals surface area contributed by atoms with E-state index in [0.717, 1.165) is 5.56 Å². The molecule has 0 aliphatic rings. The molecule has 0 fully saturated rings. The van der Waals surface area contributed by atoms with Gasteiger partial charge in [-0.1, -0.05) is 18.2 Å². The Bertz CT molecular complexity index is 472. The Kier molecular flexibility index (Phi) is 6.23. The Morgan fingerprint density at radius 1 is 1.42 bits per heavy atom. The molecule has 1 unspecified atom stereocenters. The summed E-state index contributed by atoms with van der Waals surface area (Å²) >= 11 is 1.98. The van der Waals surface area contributed by atoms with Gasteiger partial charge >= 0.3 is 11.9 Å². The van der Waals surface area contributed by atoms with Crippen LogP contribution in [0.15, 0.2) is 18.2 Å². The van der Waals surface area contributed by atoms with Gasteiger partial charge in [0.05, 0.1) is 6.61 Å². The molecule has 2 N–H and O–H groups in total. The second kappa shape index (κ2) is 7.44. The first-order valence-corrected chi connectivity index (χ1v) is 6.89. The van der Waals surface area contributed by atoms with Gasteiger partial charge in [-0.25, -0.2) is 4.79 Å². The minimum atomic E-state index is -1.55. The molecule has 1 atom stereocenters. The minimum absolute atomic E-state index is 0.233. The Labute approximate surface area is 124 Å². The van der Waals surface area contributed by atoms with Crippen molar-refractivity contribution in [3.8, 4) is 0 Å². The number of carbonyl (C=O) groups excluding carboxylic acids is 1. The maximum atomic E-state index is 11.3. The number of hydrogen-bond acceptors (Lipinski definition) is 4. The van der Waals surface area contributed by atoms with Gasteiger partial charge in [0.1, 0.15) is 0 Å². The van der Waals surface area contributed by atoms with Crippen molar-refractivity contribution in [2.45, 2.75) is 25.9 Å². The fraction of sp³-hybridized carbons (Fsp3) is 0.385. The number of carboxylic acids is 1. The van der Waals surface area contributed by atoms with E-state index < -0.39 is 12.1 Å². The Morgan fingerprint density at radius 3 is 2.68 bits per heavy atom. The molecule has 0 spiro atoms. The molecule has 0 amide bonds. The van der Waals surface area contributed by atoms with Crippen molar-refractivity contribution in [1.29, 1.82) is 0 Å². The molecule has 19 heavy (non-hydrogen) atoms. The average molecular weight is 378 g/mol. The first kappa shape index (κ1) is 15.9. The van der Waals surface area contributed by atoms with Crippen LogP contribution in [0.4, 0.5) is 0 Å². The third-order valence-corrected chi connectivity index (χ3v) is 3.86. The molecule has 1 aromatic rings. The number of benzene rings is 1. The van der Waals surface area contributed by atoms with Crippen molar-refractivity contribution in [1.82, 2.24) is 0 Å². The number of rotatable bonds is 6. The number of carboxylic acid groups (broad SMARTS) is 1. The highest BCUT2D eigenvalue weighted by molar-refractivity contribution is 14.1. The fourth-order valence-electron chi connectivity index (χ4n) is 1.61. The average Bonchev–Trinajstić information content (AvgIpc) is 2.37. The van der Waals surface area contributed by atoms with Gasteiger partial charge in [-0.3, -0.25) is 4.79 Å². The van der Waals surface area contributed by atoms with E-state index in [1.807, 2.05) is 22.6 Å². The van der Waals surface area contributed by atoms with E-state index in [0.29, 0.717) is 22.2 Å². The maximum absolute atomic E-state index is 11.3. The third-order valence-electron chi connectivity index (χ3n) is 2.54. The monoisotopic (exact) mass is 378 g/mol. The standard InChI is InChI=1S/C13H15IO5/c1-2-19-10(15)7-6-8-4-3-5-9(11(8)14)12(16)13(17)18/h3-5,12,16H,2,6-7H2,1H3,(H,17,18). The van der Waals surface area contributed by atoms with Gasteiger partial charge in [0.25, 0.3) is 0 Å². The predicted octanol–water partition coefficient (Wildman–Crippen LogP) is 1.90. The van der Waals surface area contributed by atoms with Gasteiger partial charge in [0, 0.05) is 15.6 Å². The van der Waals surface area contributed by atoms with E-state index in [-0.39, 0.29) is 12.4 Å². The number of esters is 1. The summed E-state index contributed by atoms with van der Waals surface area (Å²) in [7, 11) is 0. The quantitative estimate of drug-likeness (QED) is 0.584. The molecular weight excluding hydrogens is 363 g/mol. The van der Waals surface area contributed by atoms with Crippen LogP contribution in [0.3, 0.4) is 0 Å². The topological polar surface area (TPSA) is 83.8 Å². The van der Waals surface area contributed by atoms with Crippen molar-refractivity contribution in [2.24, 2.45) is 0 Å². The lowest BCUT2D eigenvalue weighted by Gasteiger charge is -2.12. The van der Waals surface area contributed by atoms with Crippen LogP contribution >= 0.6 is 22.6 Å². The number of ether oxygens (including phenoxy) is 1. The SMILES string of the molecule is CCOC(=O)CCc1cccc(C(O)C(=O)O)c1I. The summed E-state index contributed by atoms with van der Waals surface area (Å²) in [6, 6.07) is 5.04. The van der Waals surface area contributed by atoms with Crippen LogP contribution in [0.1, 0.15) is 30.6 Å². The van der Waals surface area contributed by atoms with Crippen molar-refractivity contribution in [2.75, 3.05) is 6.61 Å². The van der Waals surface area contributed by atoms with E-state index >= 15 is 0 Å². The lowest BCUT2D eigenvalue weighted by Crippen LogP contribution is -2.13. The van der Waals surface area contributed by atoms with Crippen LogP contribution in [0, 0.1) is 3.57 Å². The number of hydrogen-bond donors (Lipinski definition) is 2. The zero-order chi connectivity index (χ0) is 14.4. The second-order valence-corrected chi connectivity index (χ2v) is 4.94. The van der Waals surface area contributed by atoms with Crippen LogP contribution in [0.5, 0.6) is 0 Å². The number of aliphatic hydroxyl groups excluding tert-OH is 1. The zero-order valence-corrected chi connectivity index (χ0v) is 12.6. The van der Waals surface area contributed by atoms with Crippen molar-refractivity contribution in [3.63, 3.8) is 0 Å². The van der Waals surface area contributed by atoms with Gasteiger partial charge in [-0.05, 0) is 41.5 Å². The van der Waals surface area contributed by atoms with Gasteiger partial charge in [0.15, 0.2) is 6.10 Å². The lowest BCUT2D eigenvalue weighted by molar-refractivity contribution is -0.147. The molecule has 1 aromatic carbocycles. The molecule has 0 saturated carbocycles. The van der Waals surface area contributed by atoms with Crippen LogP contribution in [0.2, 0.25) is 0 Å². The summed E-state index contributed by atoms with van der Waals surface area (Å²) in [6.07, 6.45) is -0.859. The summed E-state index contributed by atoms with van der Waals surface area (Å²) in [5, 5.41) is 18.4. The molecule has 0 saturated heterocycles. The molecule has 0 heterocycles. The number of aliphatic hydroxyl groups is 1. The largest absolute Gasteiger partial charge is 0.479 e. The molecule has 0 aromatic heterocycles. The van der Waals surface area contributed by atoms with Crippen molar-refractivity contribution in [3.05, 3.63) is 32.9 Å². The van der Waals surface area contributed by atoms with E-state index in [1.54, 1.807) is 25.1 Å². The van der Waals surface area contributed by atoms with Crippen molar-refractivity contribution < 1.29 is 24.5 Å². The minimum Gasteiger partial charge on any atom is -0.479 e. The molecular formula is C13H15IO5. The number of halogens is 1. The smallest absolute Gasteiger partial charge is 0.337 e. The first-order valence-electron chi connectivity index (χ1n) is 5.81. The summed E-state index contributed by atoms with van der Waals surface area (Å²) in [4.78, 5) is 22.1. The summed E-state index contributed by atoms with van der Waals surface area (Å²) in [6.45, 7) is 2.08. The zero-order valence-electron chi connectivity index (χ0n) is 10.4. The van der Waals surface area contributed by atoms with Gasteiger partial charge in [-0.15, -0.1) is 0 Å².